The van der Waals surface area contributed by atoms with E-state index in [1.807, 2.05) is 0 Å². The van der Waals surface area contributed by atoms with E-state index in [1.165, 1.54) is 19.5 Å². The van der Waals surface area contributed by atoms with Gasteiger partial charge in [0.2, 0.25) is 0 Å². The van der Waals surface area contributed by atoms with Crippen molar-refractivity contribution >= 4 is 17.8 Å². The average molecular weight is 321 g/mol. The summed E-state index contributed by atoms with van der Waals surface area (Å²) in [5, 5.41) is 0. The first-order valence-corrected chi connectivity index (χ1v) is 7.32. The van der Waals surface area contributed by atoms with Gasteiger partial charge in [0.05, 0.1) is 24.9 Å². The Morgan fingerprint density at radius 1 is 1.22 bits per heavy atom. The van der Waals surface area contributed by atoms with Gasteiger partial charge >= 0.3 is 11.9 Å². The number of rotatable bonds is 4. The second-order valence-electron chi connectivity index (χ2n) is 5.30. The fourth-order valence-electron chi connectivity index (χ4n) is 2.32. The Kier molecular flexibility index (Phi) is 5.61. The Labute approximate surface area is 133 Å². The summed E-state index contributed by atoms with van der Waals surface area (Å²) in [5.74, 6) is -1.40. The van der Waals surface area contributed by atoms with E-state index in [4.69, 9.17) is 9.47 Å². The summed E-state index contributed by atoms with van der Waals surface area (Å²) >= 11 is 0. The number of amides is 1. The predicted molar refractivity (Wildman–Crippen MR) is 78.4 cm³/mol. The van der Waals surface area contributed by atoms with Crippen molar-refractivity contribution in [1.29, 1.82) is 0 Å². The summed E-state index contributed by atoms with van der Waals surface area (Å²) in [4.78, 5) is 44.6. The number of hydrogen-bond acceptors (Lipinski definition) is 7. The summed E-state index contributed by atoms with van der Waals surface area (Å²) in [6.45, 7) is 2.29. The molecule has 2 heterocycles. The zero-order chi connectivity index (χ0) is 16.8. The molecule has 0 atom stereocenters. The van der Waals surface area contributed by atoms with Gasteiger partial charge < -0.3 is 14.4 Å². The smallest absolute Gasteiger partial charge is 0.359 e. The van der Waals surface area contributed by atoms with E-state index in [0.29, 0.717) is 31.6 Å². The molecule has 0 N–H and O–H groups in total. The molecule has 8 heteroatoms. The zero-order valence-corrected chi connectivity index (χ0v) is 13.2. The first-order chi connectivity index (χ1) is 11.0. The third-order valence-corrected chi connectivity index (χ3v) is 3.70. The van der Waals surface area contributed by atoms with Crippen molar-refractivity contribution in [3.63, 3.8) is 0 Å². The molecule has 8 nitrogen and oxygen atoms in total. The normalized spacial score (nSPS) is 15.1. The van der Waals surface area contributed by atoms with Gasteiger partial charge in [0, 0.05) is 19.3 Å². The molecule has 0 unspecified atom stereocenters. The molecular weight excluding hydrogens is 302 g/mol. The van der Waals surface area contributed by atoms with Crippen LogP contribution in [0, 0.1) is 12.8 Å². The first-order valence-electron chi connectivity index (χ1n) is 7.32. The van der Waals surface area contributed by atoms with Crippen LogP contribution < -0.4 is 0 Å². The molecule has 124 valence electrons. The van der Waals surface area contributed by atoms with Crippen LogP contribution in [0.3, 0.4) is 0 Å². The molecule has 0 saturated carbocycles. The zero-order valence-electron chi connectivity index (χ0n) is 13.2. The molecule has 23 heavy (non-hydrogen) atoms. The van der Waals surface area contributed by atoms with Gasteiger partial charge in [0.25, 0.3) is 5.91 Å². The monoisotopic (exact) mass is 321 g/mol. The van der Waals surface area contributed by atoms with E-state index in [0.717, 1.165) is 0 Å². The van der Waals surface area contributed by atoms with E-state index in [-0.39, 0.29) is 30.1 Å². The Balaban J connectivity index is 1.78. The maximum absolute atomic E-state index is 12.0. The van der Waals surface area contributed by atoms with Crippen molar-refractivity contribution in [3.8, 4) is 0 Å². The third-order valence-electron chi connectivity index (χ3n) is 3.70. The van der Waals surface area contributed by atoms with Crippen molar-refractivity contribution in [1.82, 2.24) is 14.9 Å². The lowest BCUT2D eigenvalue weighted by molar-refractivity contribution is -0.149. The lowest BCUT2D eigenvalue weighted by atomic mass is 9.97. The van der Waals surface area contributed by atoms with Crippen molar-refractivity contribution < 1.29 is 23.9 Å². The van der Waals surface area contributed by atoms with Crippen LogP contribution in [-0.4, -0.2) is 59.5 Å². The van der Waals surface area contributed by atoms with Crippen LogP contribution in [0.15, 0.2) is 12.4 Å². The number of nitrogens with zero attached hydrogens (tertiary/aromatic N) is 3. The molecule has 1 amide bonds. The summed E-state index contributed by atoms with van der Waals surface area (Å²) in [6, 6.07) is 0. The highest BCUT2D eigenvalue weighted by Crippen LogP contribution is 2.18. The molecule has 0 spiro atoms. The molecular formula is C15H19N3O5. The minimum absolute atomic E-state index is 0.0628. The highest BCUT2D eigenvalue weighted by atomic mass is 16.5. The predicted octanol–water partition coefficient (Wildman–Crippen LogP) is 0.353. The fourth-order valence-corrected chi connectivity index (χ4v) is 2.32. The molecule has 1 aliphatic heterocycles. The van der Waals surface area contributed by atoms with Crippen LogP contribution in [0.25, 0.3) is 0 Å². The van der Waals surface area contributed by atoms with Crippen molar-refractivity contribution in [2.24, 2.45) is 5.92 Å². The highest BCUT2D eigenvalue weighted by Gasteiger charge is 2.28. The van der Waals surface area contributed by atoms with Gasteiger partial charge in [0.1, 0.15) is 0 Å². The number of carbonyl (C=O) groups excluding carboxylic acids is 3. The number of hydrogen-bond donors (Lipinski definition) is 0. The molecule has 0 aromatic carbocycles. The van der Waals surface area contributed by atoms with Gasteiger partial charge in [-0.2, -0.15) is 0 Å². The maximum Gasteiger partial charge on any atom is 0.359 e. The second-order valence-corrected chi connectivity index (χ2v) is 5.30. The average Bonchev–Trinajstić information content (AvgIpc) is 2.59. The number of aromatic nitrogens is 2. The Morgan fingerprint density at radius 2 is 1.91 bits per heavy atom. The minimum atomic E-state index is -0.685. The Hall–Kier alpha value is -2.51. The number of methoxy groups -OCH3 is 1. The van der Waals surface area contributed by atoms with Crippen LogP contribution >= 0.6 is 0 Å². The van der Waals surface area contributed by atoms with Crippen LogP contribution in [0.5, 0.6) is 0 Å². The molecule has 1 saturated heterocycles. The summed E-state index contributed by atoms with van der Waals surface area (Å²) in [7, 11) is 1.35. The van der Waals surface area contributed by atoms with Crippen LogP contribution in [0.4, 0.5) is 0 Å². The fraction of sp³-hybridized carbons (Fsp3) is 0.533. The molecule has 0 radical (unpaired) electrons. The van der Waals surface area contributed by atoms with E-state index in [1.54, 1.807) is 11.8 Å². The van der Waals surface area contributed by atoms with Crippen molar-refractivity contribution in [3.05, 3.63) is 23.8 Å². The lowest BCUT2D eigenvalue weighted by Crippen LogP contribution is -2.42. The number of ether oxygens (including phenoxy) is 2. The minimum Gasteiger partial charge on any atom is -0.469 e. The van der Waals surface area contributed by atoms with Crippen molar-refractivity contribution in [2.75, 3.05) is 26.8 Å². The topological polar surface area (TPSA) is 98.7 Å². The van der Waals surface area contributed by atoms with Crippen LogP contribution in [0.2, 0.25) is 0 Å². The highest BCUT2D eigenvalue weighted by molar-refractivity contribution is 5.89. The van der Waals surface area contributed by atoms with E-state index >= 15 is 0 Å². The summed E-state index contributed by atoms with van der Waals surface area (Å²) in [6.07, 6.45) is 3.87. The number of aryl methyl sites for hydroxylation is 1. The lowest BCUT2D eigenvalue weighted by Gasteiger charge is -2.30. The molecule has 2 rings (SSSR count). The van der Waals surface area contributed by atoms with Gasteiger partial charge in [0.15, 0.2) is 12.3 Å². The third kappa shape index (κ3) is 4.48. The number of esters is 2. The molecule has 1 aliphatic rings. The second kappa shape index (κ2) is 7.66. The molecule has 0 aliphatic carbocycles. The number of carbonyl (C=O) groups is 3. The van der Waals surface area contributed by atoms with Gasteiger partial charge in [-0.25, -0.2) is 9.78 Å². The molecule has 1 fully saturated rings. The standard InChI is InChI=1S/C15H19N3O5/c1-10-7-17-12(8-16-10)15(21)23-9-13(19)18-5-3-11(4-6-18)14(20)22-2/h7-8,11H,3-6,9H2,1-2H3. The maximum atomic E-state index is 12.0. The van der Waals surface area contributed by atoms with Gasteiger partial charge in [-0.05, 0) is 19.8 Å². The quantitative estimate of drug-likeness (QED) is 0.738. The Bertz CT molecular complexity index is 579. The van der Waals surface area contributed by atoms with Crippen LogP contribution in [-0.2, 0) is 19.1 Å². The SMILES string of the molecule is COC(=O)C1CCN(C(=O)COC(=O)c2cnc(C)cn2)CC1. The molecule has 1 aromatic heterocycles. The summed E-state index contributed by atoms with van der Waals surface area (Å²) in [5.41, 5.74) is 0.749. The Morgan fingerprint density at radius 3 is 2.48 bits per heavy atom. The van der Waals surface area contributed by atoms with Crippen LogP contribution in [0.1, 0.15) is 29.0 Å². The summed E-state index contributed by atoms with van der Waals surface area (Å²) < 4.78 is 9.65. The number of likely N-dealkylation sites (tertiary alicyclic amines) is 1. The molecule has 1 aromatic rings. The first kappa shape index (κ1) is 16.9. The molecule has 0 bridgehead atoms. The van der Waals surface area contributed by atoms with Gasteiger partial charge in [-0.15, -0.1) is 0 Å². The van der Waals surface area contributed by atoms with Crippen molar-refractivity contribution in [2.45, 2.75) is 19.8 Å². The van der Waals surface area contributed by atoms with E-state index in [2.05, 4.69) is 9.97 Å². The van der Waals surface area contributed by atoms with E-state index < -0.39 is 5.97 Å². The van der Waals surface area contributed by atoms with E-state index in [9.17, 15) is 14.4 Å². The van der Waals surface area contributed by atoms with Gasteiger partial charge in [-0.1, -0.05) is 0 Å². The number of piperidine rings is 1. The van der Waals surface area contributed by atoms with Gasteiger partial charge in [-0.3, -0.25) is 14.6 Å². The largest absolute Gasteiger partial charge is 0.469 e.